The number of fused-ring (bicyclic) bond motifs is 2. The maximum absolute atomic E-state index is 12.7. The zero-order chi connectivity index (χ0) is 79.6. The van der Waals surface area contributed by atoms with Crippen molar-refractivity contribution in [3.63, 3.8) is 0 Å². The third-order valence-corrected chi connectivity index (χ3v) is 22.5. The Morgan fingerprint density at radius 2 is 0.934 bits per heavy atom. The number of nitrogens with zero attached hydrogens (tertiary/aromatic N) is 8. The highest BCUT2D eigenvalue weighted by Crippen LogP contribution is 2.63. The topological polar surface area (TPSA) is 727 Å². The number of thioether (sulfide) groups is 2. The number of carbonyl (C=O) groups is 6. The van der Waals surface area contributed by atoms with Gasteiger partial charge in [0, 0.05) is 74.7 Å². The number of hydrogen-bond donors (Lipinski definition) is 18. The van der Waals surface area contributed by atoms with Gasteiger partial charge in [0.25, 0.3) is 0 Å². The lowest BCUT2D eigenvalue weighted by atomic mass is 9.87. The lowest BCUT2D eigenvalue weighted by Gasteiger charge is -2.30. The van der Waals surface area contributed by atoms with Crippen LogP contribution in [0.15, 0.2) is 25.3 Å². The van der Waals surface area contributed by atoms with Gasteiger partial charge in [-0.2, -0.15) is 8.62 Å². The van der Waals surface area contributed by atoms with E-state index in [-0.39, 0.29) is 83.2 Å². The van der Waals surface area contributed by atoms with E-state index in [1.165, 1.54) is 34.6 Å². The van der Waals surface area contributed by atoms with E-state index in [2.05, 4.69) is 68.8 Å². The fourth-order valence-corrected chi connectivity index (χ4v) is 16.1. The molecule has 0 bridgehead atoms. The molecule has 2 saturated heterocycles. The van der Waals surface area contributed by atoms with Gasteiger partial charge >= 0.3 is 46.9 Å². The predicted octanol–water partition coefficient (Wildman–Crippen LogP) is -1.07. The maximum atomic E-state index is 12.7. The van der Waals surface area contributed by atoms with Crippen LogP contribution in [0.1, 0.15) is 92.5 Å². The minimum Gasteiger partial charge on any atom is -0.386 e. The van der Waals surface area contributed by atoms with E-state index in [0.717, 1.165) is 77.2 Å². The van der Waals surface area contributed by atoms with Crippen molar-refractivity contribution in [2.45, 2.75) is 141 Å². The highest BCUT2D eigenvalue weighted by atomic mass is 32.2. The minimum atomic E-state index is -5.56. The largest absolute Gasteiger partial charge is 0.481 e. The number of nitrogens with two attached hydrogens (primary N) is 2. The van der Waals surface area contributed by atoms with Crippen molar-refractivity contribution in [1.29, 1.82) is 0 Å². The predicted molar refractivity (Wildman–Crippen MR) is 364 cm³/mol. The second-order valence-corrected chi connectivity index (χ2v) is 35.1. The summed E-state index contributed by atoms with van der Waals surface area (Å²) in [6, 6.07) is 0. The molecule has 14 atom stereocenters. The summed E-state index contributed by atoms with van der Waals surface area (Å²) < 4.78 is 124. The molecular weight excluding hydrogens is 1590 g/mol. The number of unbranched alkanes of at least 4 members (excludes halogenated alkanes) is 2. The number of phosphoric ester groups is 6. The Bertz CT molecular complexity index is 3990. The van der Waals surface area contributed by atoms with Gasteiger partial charge in [-0.25, -0.2) is 57.3 Å². The van der Waals surface area contributed by atoms with Crippen LogP contribution in [-0.2, 0) is 101 Å². The number of aliphatic hydroxyl groups excluding tert-OH is 4. The molecule has 600 valence electrons. The zero-order valence-corrected chi connectivity index (χ0v) is 64.0. The summed E-state index contributed by atoms with van der Waals surface area (Å²) in [6.45, 7) is 4.49. The molecule has 56 heteroatoms. The van der Waals surface area contributed by atoms with Crippen LogP contribution in [0.4, 0.5) is 11.6 Å². The lowest BCUT2D eigenvalue weighted by molar-refractivity contribution is -0.137. The lowest BCUT2D eigenvalue weighted by Crippen LogP contribution is -2.46. The first-order chi connectivity index (χ1) is 49.1. The molecule has 2 aliphatic rings. The summed E-state index contributed by atoms with van der Waals surface area (Å²) in [5.41, 5.74) is 8.53. The van der Waals surface area contributed by atoms with Crippen LogP contribution >= 0.6 is 70.5 Å². The van der Waals surface area contributed by atoms with Gasteiger partial charge in [0.05, 0.1) is 39.1 Å². The van der Waals surface area contributed by atoms with Crippen molar-refractivity contribution in [3.05, 3.63) is 25.3 Å². The number of ether oxygens (including phenoxy) is 2. The monoisotopic (exact) mass is 1670 g/mol. The summed E-state index contributed by atoms with van der Waals surface area (Å²) >= 11 is 2.15. The molecule has 0 aromatic carbocycles. The van der Waals surface area contributed by atoms with E-state index in [0.29, 0.717) is 17.9 Å². The Kier molecular flexibility index (Phi) is 34.5. The normalized spacial score (nSPS) is 22.2. The van der Waals surface area contributed by atoms with Crippen molar-refractivity contribution < 1.29 is 161 Å². The number of nitrogen functional groups attached to an aromatic ring is 2. The Balaban J connectivity index is 0.000000382. The second kappa shape index (κ2) is 39.8. The first kappa shape index (κ1) is 91.7. The molecule has 0 spiro atoms. The SMILES string of the molecule is CC(=O)SCCNC(=O)CCNC(=O)C(O)C(C)(C)COP(=O)(O)OP(=O)(O)OC[C@H]1O[C@@H](n2cnc3c(N)ncnc32)[C@H](O)[C@@H]1OP(=O)(O)O.CCCCCC(=O)SCCNC(=O)CCNC(=O)C(O)C(C)(C)COP(=O)(O)OP(=O)(O)OC[C@H]1O[C@@H](n2cnc3c(N)ncnc32)[C@H](O)[C@@H]1OP(=O)(O)O. The molecule has 106 heavy (non-hydrogen) atoms. The van der Waals surface area contributed by atoms with Gasteiger partial charge in [-0.15, -0.1) is 0 Å². The second-order valence-electron chi connectivity index (χ2n) is 24.2. The van der Waals surface area contributed by atoms with Crippen molar-refractivity contribution in [2.75, 3.05) is 75.6 Å². The Labute approximate surface area is 610 Å². The molecule has 2 fully saturated rings. The average molecular weight is 1680 g/mol. The number of amides is 4. The Morgan fingerprint density at radius 3 is 1.30 bits per heavy atom. The molecule has 4 aromatic heterocycles. The van der Waals surface area contributed by atoms with Gasteiger partial charge in [0.1, 0.15) is 72.5 Å². The van der Waals surface area contributed by atoms with Crippen molar-refractivity contribution in [1.82, 2.24) is 60.3 Å². The zero-order valence-electron chi connectivity index (χ0n) is 57.0. The summed E-state index contributed by atoms with van der Waals surface area (Å²) in [5, 5.41) is 52.5. The van der Waals surface area contributed by atoms with Crippen LogP contribution in [0.2, 0.25) is 0 Å². The molecule has 0 saturated carbocycles. The standard InChI is InChI=1S/C27H46N7O17P3S.C23H38N7O17P3S/c1-4-5-6-7-18(36)55-11-10-29-17(35)8-9-30-25(39)22(38)27(2,3)13-48-54(45,46)51-53(43,44)47-12-16-21(50-52(40,41)42)20(37)26(49-16)34-15-33-19-23(28)31-14-32-24(19)34;1-12(31)51-7-6-25-14(32)4-5-26-21(35)18(34)23(2,3)9-44-50(41,42)47-49(39,40)43-8-13-17(46-48(36,37)38)16(33)22(45-13)30-11-29-15-19(24)27-10-28-20(15)30/h14-16,20-22,26,37-38H,4-13H2,1-3H3,(H,29,35)(H,30,39)(H,43,44)(H,45,46)(H2,28,31,32)(H2,40,41,42);10-11,13,16-18,22,33-34H,4-9H2,1-3H3,(H,25,32)(H,26,35)(H,39,40)(H,41,42)(H2,24,27,28)(H2,36,37,38)/t16-,20-,21-,22?,26-;13-,16-,17-,18?,22-/m11/s1. The van der Waals surface area contributed by atoms with Crippen LogP contribution in [0.5, 0.6) is 0 Å². The van der Waals surface area contributed by atoms with Crippen LogP contribution in [-0.4, -0.2) is 245 Å². The van der Waals surface area contributed by atoms with Crippen LogP contribution < -0.4 is 32.7 Å². The summed E-state index contributed by atoms with van der Waals surface area (Å²) in [4.78, 5) is 173. The van der Waals surface area contributed by atoms with Gasteiger partial charge < -0.3 is 102 Å². The molecule has 48 nitrogen and oxygen atoms in total. The fourth-order valence-electron chi connectivity index (χ4n) is 9.21. The number of aliphatic hydroxyl groups is 4. The molecular formula is C50H84N14O34P6S2. The number of nitrogens with one attached hydrogen (secondary N) is 4. The number of imidazole rings is 2. The molecule has 0 aliphatic carbocycles. The molecule has 20 N–H and O–H groups in total. The van der Waals surface area contributed by atoms with Gasteiger partial charge in [0.15, 0.2) is 45.6 Å². The van der Waals surface area contributed by atoms with E-state index in [1.807, 2.05) is 6.92 Å². The molecule has 4 aromatic rings. The number of hydrogen-bond acceptors (Lipinski definition) is 36. The number of aromatic nitrogens is 8. The molecule has 4 amide bonds. The van der Waals surface area contributed by atoms with E-state index >= 15 is 0 Å². The van der Waals surface area contributed by atoms with Crippen molar-refractivity contribution >= 4 is 138 Å². The molecule has 2 aliphatic heterocycles. The average Bonchev–Trinajstić information content (AvgIpc) is 1.62. The van der Waals surface area contributed by atoms with Gasteiger partial charge in [-0.3, -0.25) is 65.0 Å². The number of rotatable bonds is 42. The summed E-state index contributed by atoms with van der Waals surface area (Å²) in [7, 11) is -32.7. The smallest absolute Gasteiger partial charge is 0.386 e. The van der Waals surface area contributed by atoms with Crippen molar-refractivity contribution in [3.8, 4) is 0 Å². The molecule has 0 radical (unpaired) electrons. The van der Waals surface area contributed by atoms with E-state index in [4.69, 9.17) is 39.0 Å². The van der Waals surface area contributed by atoms with E-state index < -0.39 is 169 Å². The van der Waals surface area contributed by atoms with Crippen LogP contribution in [0.25, 0.3) is 22.3 Å². The van der Waals surface area contributed by atoms with Gasteiger partial charge in [-0.1, -0.05) is 71.0 Å². The van der Waals surface area contributed by atoms with Crippen LogP contribution in [0.3, 0.4) is 0 Å². The Morgan fingerprint density at radius 1 is 0.557 bits per heavy atom. The molecule has 6 unspecified atom stereocenters. The Hall–Kier alpha value is -4.88. The fraction of sp³-hybridized carbons (Fsp3) is 0.680. The highest BCUT2D eigenvalue weighted by molar-refractivity contribution is 8.13. The van der Waals surface area contributed by atoms with Crippen molar-refractivity contribution in [2.24, 2.45) is 10.8 Å². The molecule has 6 rings (SSSR count). The maximum Gasteiger partial charge on any atom is 0.481 e. The van der Waals surface area contributed by atoms with Gasteiger partial charge in [-0.05, 0) is 6.42 Å². The first-order valence-corrected chi connectivity index (χ1v) is 42.2. The van der Waals surface area contributed by atoms with Crippen LogP contribution in [0, 0.1) is 10.8 Å². The quantitative estimate of drug-likeness (QED) is 0.0185. The first-order valence-electron chi connectivity index (χ1n) is 31.1. The number of anilines is 2. The summed E-state index contributed by atoms with van der Waals surface area (Å²) in [5.74, 6) is -2.13. The third-order valence-electron chi connectivity index (χ3n) is 14.6. The minimum absolute atomic E-state index is 0.0310. The number of phosphoric acid groups is 6. The summed E-state index contributed by atoms with van der Waals surface area (Å²) in [6.07, 6.45) is -10.5. The third kappa shape index (κ3) is 29.4. The number of carbonyl (C=O) groups excluding carboxylic acids is 6. The highest BCUT2D eigenvalue weighted by Gasteiger charge is 2.53. The van der Waals surface area contributed by atoms with Gasteiger partial charge in [0.2, 0.25) is 23.6 Å². The van der Waals surface area contributed by atoms with E-state index in [1.54, 1.807) is 0 Å². The van der Waals surface area contributed by atoms with E-state index in [9.17, 15) is 116 Å². The molecule has 6 heterocycles.